The molecule has 1 fully saturated rings. The highest BCUT2D eigenvalue weighted by Crippen LogP contribution is 2.35. The number of carboxylic acids is 1. The molecule has 0 saturated carbocycles. The Balaban J connectivity index is 2.10. The molecule has 20 heavy (non-hydrogen) atoms. The second kappa shape index (κ2) is 5.91. The number of carboxylic acid groups (broad SMARTS) is 1. The van der Waals surface area contributed by atoms with Crippen molar-refractivity contribution in [1.82, 2.24) is 9.88 Å². The Hall–Kier alpha value is -1.43. The minimum atomic E-state index is -0.755. The van der Waals surface area contributed by atoms with Crippen LogP contribution in [0.4, 0.5) is 0 Å². The molecule has 5 nitrogen and oxygen atoms in total. The summed E-state index contributed by atoms with van der Waals surface area (Å²) in [7, 11) is 0. The van der Waals surface area contributed by atoms with Crippen molar-refractivity contribution in [1.29, 1.82) is 0 Å². The van der Waals surface area contributed by atoms with E-state index in [0.717, 1.165) is 0 Å². The lowest BCUT2D eigenvalue weighted by Crippen LogP contribution is -2.46. The van der Waals surface area contributed by atoms with Crippen molar-refractivity contribution in [2.45, 2.75) is 26.2 Å². The first-order chi connectivity index (χ1) is 9.50. The molecule has 2 rings (SSSR count). The molecule has 1 aliphatic rings. The molecule has 1 N–H and O–H groups in total. The summed E-state index contributed by atoms with van der Waals surface area (Å²) in [5.41, 5.74) is -0.157. The lowest BCUT2D eigenvalue weighted by Gasteiger charge is -2.38. The summed E-state index contributed by atoms with van der Waals surface area (Å²) in [5.74, 6) is -0.852. The zero-order valence-corrected chi connectivity index (χ0v) is 12.9. The molecule has 108 valence electrons. The van der Waals surface area contributed by atoms with E-state index in [2.05, 4.69) is 20.9 Å². The van der Waals surface area contributed by atoms with Crippen LogP contribution in [0.5, 0.6) is 0 Å². The Labute approximate surface area is 126 Å². The lowest BCUT2D eigenvalue weighted by atomic mass is 9.76. The third-order valence-electron chi connectivity index (χ3n) is 4.13. The van der Waals surface area contributed by atoms with Crippen molar-refractivity contribution in [2.75, 3.05) is 13.1 Å². The number of piperidine rings is 1. The third-order valence-corrected chi connectivity index (χ3v) is 4.76. The van der Waals surface area contributed by atoms with E-state index in [1.165, 1.54) is 0 Å². The molecule has 0 unspecified atom stereocenters. The summed E-state index contributed by atoms with van der Waals surface area (Å²) in [6.45, 7) is 2.84. The summed E-state index contributed by atoms with van der Waals surface area (Å²) >= 11 is 3.27. The topological polar surface area (TPSA) is 70.5 Å². The fraction of sp³-hybridized carbons (Fsp3) is 0.500. The van der Waals surface area contributed by atoms with E-state index in [1.54, 1.807) is 23.2 Å². The van der Waals surface area contributed by atoms with Crippen LogP contribution in [0.25, 0.3) is 0 Å². The number of rotatable bonds is 3. The van der Waals surface area contributed by atoms with Gasteiger partial charge in [-0.05, 0) is 47.3 Å². The van der Waals surface area contributed by atoms with Gasteiger partial charge >= 0.3 is 5.97 Å². The van der Waals surface area contributed by atoms with E-state index in [4.69, 9.17) is 0 Å². The van der Waals surface area contributed by atoms with Crippen molar-refractivity contribution < 1.29 is 14.7 Å². The second-order valence-corrected chi connectivity index (χ2v) is 5.82. The van der Waals surface area contributed by atoms with Crippen molar-refractivity contribution in [3.05, 3.63) is 28.5 Å². The van der Waals surface area contributed by atoms with Gasteiger partial charge in [0.15, 0.2) is 0 Å². The summed E-state index contributed by atoms with van der Waals surface area (Å²) in [6, 6.07) is 3.44. The van der Waals surface area contributed by atoms with E-state index >= 15 is 0 Å². The normalized spacial score (nSPS) is 17.8. The number of nitrogens with zero attached hydrogens (tertiary/aromatic N) is 2. The molecular weight excluding hydrogens is 324 g/mol. The molecule has 0 bridgehead atoms. The van der Waals surface area contributed by atoms with Gasteiger partial charge in [0.25, 0.3) is 5.91 Å². The van der Waals surface area contributed by atoms with Crippen molar-refractivity contribution >= 4 is 27.8 Å². The van der Waals surface area contributed by atoms with E-state index in [0.29, 0.717) is 42.5 Å². The number of hydrogen-bond donors (Lipinski definition) is 1. The summed E-state index contributed by atoms with van der Waals surface area (Å²) in [5, 5.41) is 9.35. The zero-order chi connectivity index (χ0) is 14.8. The Morgan fingerprint density at radius 1 is 1.45 bits per heavy atom. The van der Waals surface area contributed by atoms with Gasteiger partial charge in [-0.2, -0.15) is 0 Å². The highest BCUT2D eigenvalue weighted by atomic mass is 79.9. The van der Waals surface area contributed by atoms with Crippen LogP contribution >= 0.6 is 15.9 Å². The van der Waals surface area contributed by atoms with Crippen LogP contribution in [-0.2, 0) is 4.79 Å². The van der Waals surface area contributed by atoms with Crippen LogP contribution in [0, 0.1) is 5.41 Å². The highest BCUT2D eigenvalue weighted by Gasteiger charge is 2.41. The van der Waals surface area contributed by atoms with Crippen molar-refractivity contribution in [2.24, 2.45) is 5.41 Å². The number of aliphatic carboxylic acids is 1. The van der Waals surface area contributed by atoms with E-state index in [-0.39, 0.29) is 5.91 Å². The van der Waals surface area contributed by atoms with Crippen LogP contribution in [0.2, 0.25) is 0 Å². The summed E-state index contributed by atoms with van der Waals surface area (Å²) in [4.78, 5) is 29.5. The molecule has 1 amide bonds. The Morgan fingerprint density at radius 3 is 2.60 bits per heavy atom. The molecule has 1 aliphatic heterocycles. The van der Waals surface area contributed by atoms with E-state index < -0.39 is 11.4 Å². The van der Waals surface area contributed by atoms with Crippen molar-refractivity contribution in [3.63, 3.8) is 0 Å². The van der Waals surface area contributed by atoms with Gasteiger partial charge in [-0.15, -0.1) is 0 Å². The van der Waals surface area contributed by atoms with Crippen LogP contribution in [0.1, 0.15) is 36.5 Å². The lowest BCUT2D eigenvalue weighted by molar-refractivity contribution is -0.152. The largest absolute Gasteiger partial charge is 0.481 e. The van der Waals surface area contributed by atoms with Crippen LogP contribution < -0.4 is 0 Å². The van der Waals surface area contributed by atoms with Gasteiger partial charge in [0, 0.05) is 19.3 Å². The maximum absolute atomic E-state index is 12.4. The number of carbonyl (C=O) groups excluding carboxylic acids is 1. The number of pyridine rings is 1. The number of halogens is 1. The van der Waals surface area contributed by atoms with Gasteiger partial charge in [0.1, 0.15) is 4.60 Å². The number of hydrogen-bond acceptors (Lipinski definition) is 3. The summed E-state index contributed by atoms with van der Waals surface area (Å²) < 4.78 is 0.524. The molecule has 0 aromatic carbocycles. The first-order valence-electron chi connectivity index (χ1n) is 6.63. The average Bonchev–Trinajstić information content (AvgIpc) is 2.47. The molecule has 1 saturated heterocycles. The van der Waals surface area contributed by atoms with Crippen LogP contribution in [0.15, 0.2) is 22.9 Å². The monoisotopic (exact) mass is 340 g/mol. The van der Waals surface area contributed by atoms with Gasteiger partial charge in [-0.3, -0.25) is 9.59 Å². The van der Waals surface area contributed by atoms with Gasteiger partial charge in [0.2, 0.25) is 0 Å². The van der Waals surface area contributed by atoms with Gasteiger partial charge in [0.05, 0.1) is 11.0 Å². The quantitative estimate of drug-likeness (QED) is 0.858. The molecule has 2 heterocycles. The van der Waals surface area contributed by atoms with E-state index in [9.17, 15) is 14.7 Å². The second-order valence-electron chi connectivity index (χ2n) is 5.07. The highest BCUT2D eigenvalue weighted by molar-refractivity contribution is 9.10. The predicted octanol–water partition coefficient (Wildman–Crippen LogP) is 2.56. The Kier molecular flexibility index (Phi) is 4.42. The number of likely N-dealkylation sites (tertiary alicyclic amines) is 1. The SMILES string of the molecule is CCC1(C(=O)O)CCN(C(=O)c2cccnc2Br)CC1. The van der Waals surface area contributed by atoms with Crippen LogP contribution in [-0.4, -0.2) is 40.0 Å². The molecule has 1 aromatic heterocycles. The van der Waals surface area contributed by atoms with Gasteiger partial charge < -0.3 is 10.0 Å². The fourth-order valence-electron chi connectivity index (χ4n) is 2.57. The smallest absolute Gasteiger partial charge is 0.309 e. The first-order valence-corrected chi connectivity index (χ1v) is 7.42. The molecule has 0 radical (unpaired) electrons. The molecule has 6 heteroatoms. The van der Waals surface area contributed by atoms with Crippen molar-refractivity contribution in [3.8, 4) is 0 Å². The predicted molar refractivity (Wildman–Crippen MR) is 77.4 cm³/mol. The Bertz CT molecular complexity index is 525. The Morgan fingerprint density at radius 2 is 2.10 bits per heavy atom. The van der Waals surface area contributed by atoms with Crippen LogP contribution in [0.3, 0.4) is 0 Å². The number of aromatic nitrogens is 1. The molecular formula is C14H17BrN2O3. The fourth-order valence-corrected chi connectivity index (χ4v) is 2.99. The maximum Gasteiger partial charge on any atom is 0.309 e. The number of amides is 1. The average molecular weight is 341 g/mol. The van der Waals surface area contributed by atoms with Gasteiger partial charge in [-0.25, -0.2) is 4.98 Å². The first kappa shape index (κ1) is 15.0. The standard InChI is InChI=1S/C14H17BrN2O3/c1-2-14(13(19)20)5-8-17(9-6-14)12(18)10-4-3-7-16-11(10)15/h3-4,7H,2,5-6,8-9H2,1H3,(H,19,20). The minimum absolute atomic E-state index is 0.0972. The molecule has 1 aromatic rings. The van der Waals surface area contributed by atoms with E-state index in [1.807, 2.05) is 6.92 Å². The summed E-state index contributed by atoms with van der Waals surface area (Å²) in [6.07, 6.45) is 3.22. The number of carbonyl (C=O) groups is 2. The minimum Gasteiger partial charge on any atom is -0.481 e. The molecule has 0 spiro atoms. The zero-order valence-electron chi connectivity index (χ0n) is 11.3. The van der Waals surface area contributed by atoms with Gasteiger partial charge in [-0.1, -0.05) is 6.92 Å². The molecule has 0 atom stereocenters. The maximum atomic E-state index is 12.4. The third kappa shape index (κ3) is 2.70. The molecule has 0 aliphatic carbocycles.